The number of terminal acetylenes is 1. The molecule has 1 saturated heterocycles. The molecule has 0 aliphatic carbocycles. The van der Waals surface area contributed by atoms with Crippen molar-refractivity contribution in [2.45, 2.75) is 51.1 Å². The topological polar surface area (TPSA) is 69.6 Å². The molecular formula is C13H20N2O3. The molecule has 1 aliphatic rings. The van der Waals surface area contributed by atoms with Crippen LogP contribution in [-0.2, 0) is 4.79 Å². The number of amides is 2. The number of carbonyl (C=O) groups is 2. The minimum absolute atomic E-state index is 0.381. The van der Waals surface area contributed by atoms with E-state index in [-0.39, 0.29) is 6.03 Å². The zero-order valence-electron chi connectivity index (χ0n) is 10.9. The highest BCUT2D eigenvalue weighted by molar-refractivity contribution is 5.87. The number of urea groups is 1. The number of rotatable bonds is 4. The van der Waals surface area contributed by atoms with Gasteiger partial charge in [-0.05, 0) is 26.2 Å². The first-order valence-corrected chi connectivity index (χ1v) is 6.25. The van der Waals surface area contributed by atoms with Gasteiger partial charge in [0.2, 0.25) is 0 Å². The maximum absolute atomic E-state index is 12.1. The third kappa shape index (κ3) is 2.58. The Balaban J connectivity index is 2.89. The van der Waals surface area contributed by atoms with Gasteiger partial charge in [-0.1, -0.05) is 19.3 Å². The summed E-state index contributed by atoms with van der Waals surface area (Å²) in [5.74, 6) is 1.48. The number of carbonyl (C=O) groups excluding carboxylic acids is 1. The molecule has 0 aromatic rings. The van der Waals surface area contributed by atoms with Crippen molar-refractivity contribution in [2.75, 3.05) is 6.54 Å². The number of aliphatic carboxylic acids is 1. The fraction of sp³-hybridized carbons (Fsp3) is 0.692. The molecule has 1 rings (SSSR count). The molecule has 2 amide bonds. The van der Waals surface area contributed by atoms with Gasteiger partial charge in [-0.15, -0.1) is 6.42 Å². The Morgan fingerprint density at radius 3 is 2.78 bits per heavy atom. The number of likely N-dealkylation sites (tertiary alicyclic amines) is 1. The molecule has 0 spiro atoms. The Hall–Kier alpha value is -1.70. The van der Waals surface area contributed by atoms with Crippen molar-refractivity contribution in [3.05, 3.63) is 0 Å². The molecular weight excluding hydrogens is 232 g/mol. The maximum atomic E-state index is 12.1. The van der Waals surface area contributed by atoms with Crippen molar-refractivity contribution in [1.29, 1.82) is 0 Å². The molecule has 2 N–H and O–H groups in total. The van der Waals surface area contributed by atoms with Crippen LogP contribution < -0.4 is 5.32 Å². The summed E-state index contributed by atoms with van der Waals surface area (Å²) in [5, 5.41) is 12.1. The second-order valence-electron chi connectivity index (χ2n) is 4.68. The van der Waals surface area contributed by atoms with Crippen molar-refractivity contribution >= 4 is 12.0 Å². The molecule has 5 heteroatoms. The van der Waals surface area contributed by atoms with Crippen LogP contribution in [0.4, 0.5) is 4.79 Å². The first kappa shape index (κ1) is 14.4. The SMILES string of the molecule is C#CC(C)NC(=O)N1CCCC1(CCC)C(=O)O. The van der Waals surface area contributed by atoms with E-state index < -0.39 is 17.6 Å². The number of carboxylic acids is 1. The van der Waals surface area contributed by atoms with Gasteiger partial charge in [0.25, 0.3) is 0 Å². The summed E-state index contributed by atoms with van der Waals surface area (Å²) >= 11 is 0. The second kappa shape index (κ2) is 5.76. The first-order chi connectivity index (χ1) is 8.47. The van der Waals surface area contributed by atoms with Gasteiger partial charge in [-0.2, -0.15) is 0 Å². The third-order valence-corrected chi connectivity index (χ3v) is 3.39. The molecule has 2 atom stereocenters. The highest BCUT2D eigenvalue weighted by Crippen LogP contribution is 2.34. The van der Waals surface area contributed by atoms with E-state index in [9.17, 15) is 14.7 Å². The number of hydrogen-bond donors (Lipinski definition) is 2. The van der Waals surface area contributed by atoms with Gasteiger partial charge in [-0.3, -0.25) is 0 Å². The largest absolute Gasteiger partial charge is 0.479 e. The lowest BCUT2D eigenvalue weighted by Crippen LogP contribution is -2.56. The van der Waals surface area contributed by atoms with E-state index in [2.05, 4.69) is 11.2 Å². The highest BCUT2D eigenvalue weighted by Gasteiger charge is 2.49. The lowest BCUT2D eigenvalue weighted by molar-refractivity contribution is -0.148. The summed E-state index contributed by atoms with van der Waals surface area (Å²) in [6.45, 7) is 4.08. The van der Waals surface area contributed by atoms with Crippen molar-refractivity contribution in [2.24, 2.45) is 0 Å². The summed E-state index contributed by atoms with van der Waals surface area (Å²) in [6, 6.07) is -0.778. The van der Waals surface area contributed by atoms with Gasteiger partial charge in [0.15, 0.2) is 0 Å². The van der Waals surface area contributed by atoms with Crippen LogP contribution in [-0.4, -0.2) is 40.1 Å². The van der Waals surface area contributed by atoms with E-state index in [1.165, 1.54) is 4.90 Å². The second-order valence-corrected chi connectivity index (χ2v) is 4.68. The summed E-state index contributed by atoms with van der Waals surface area (Å²) in [6.07, 6.45) is 7.62. The van der Waals surface area contributed by atoms with Crippen LogP contribution in [0, 0.1) is 12.3 Å². The predicted molar refractivity (Wildman–Crippen MR) is 68.0 cm³/mol. The Kier molecular flexibility index (Phi) is 4.60. The Morgan fingerprint density at radius 2 is 2.28 bits per heavy atom. The van der Waals surface area contributed by atoms with E-state index in [4.69, 9.17) is 6.42 Å². The zero-order chi connectivity index (χ0) is 13.8. The number of nitrogens with one attached hydrogen (secondary N) is 1. The van der Waals surface area contributed by atoms with Gasteiger partial charge in [0, 0.05) is 6.54 Å². The Morgan fingerprint density at radius 1 is 1.61 bits per heavy atom. The quantitative estimate of drug-likeness (QED) is 0.744. The molecule has 100 valence electrons. The lowest BCUT2D eigenvalue weighted by Gasteiger charge is -2.35. The molecule has 0 saturated carbocycles. The predicted octanol–water partition coefficient (Wildman–Crippen LogP) is 1.44. The van der Waals surface area contributed by atoms with Gasteiger partial charge in [-0.25, -0.2) is 9.59 Å². The van der Waals surface area contributed by atoms with Gasteiger partial charge in [0.1, 0.15) is 5.54 Å². The van der Waals surface area contributed by atoms with E-state index >= 15 is 0 Å². The van der Waals surface area contributed by atoms with E-state index in [1.807, 2.05) is 6.92 Å². The fourth-order valence-electron chi connectivity index (χ4n) is 2.48. The summed E-state index contributed by atoms with van der Waals surface area (Å²) in [4.78, 5) is 25.0. The van der Waals surface area contributed by atoms with Gasteiger partial charge < -0.3 is 15.3 Å². The van der Waals surface area contributed by atoms with Crippen molar-refractivity contribution in [1.82, 2.24) is 10.2 Å². The molecule has 0 aromatic carbocycles. The summed E-state index contributed by atoms with van der Waals surface area (Å²) < 4.78 is 0. The van der Waals surface area contributed by atoms with Crippen molar-refractivity contribution in [3.8, 4) is 12.3 Å². The summed E-state index contributed by atoms with van der Waals surface area (Å²) in [7, 11) is 0. The number of hydrogen-bond acceptors (Lipinski definition) is 2. The van der Waals surface area contributed by atoms with Gasteiger partial charge >= 0.3 is 12.0 Å². The van der Waals surface area contributed by atoms with Crippen LogP contribution in [0.5, 0.6) is 0 Å². The molecule has 0 radical (unpaired) electrons. The molecule has 5 nitrogen and oxygen atoms in total. The summed E-state index contributed by atoms with van der Waals surface area (Å²) in [5.41, 5.74) is -1.06. The molecule has 0 bridgehead atoms. The van der Waals surface area contributed by atoms with Crippen LogP contribution in [0.25, 0.3) is 0 Å². The lowest BCUT2D eigenvalue weighted by atomic mass is 9.91. The zero-order valence-corrected chi connectivity index (χ0v) is 10.9. The highest BCUT2D eigenvalue weighted by atomic mass is 16.4. The van der Waals surface area contributed by atoms with Crippen molar-refractivity contribution in [3.63, 3.8) is 0 Å². The Labute approximate surface area is 108 Å². The van der Waals surface area contributed by atoms with Gasteiger partial charge in [0.05, 0.1) is 6.04 Å². The molecule has 1 heterocycles. The minimum Gasteiger partial charge on any atom is -0.479 e. The third-order valence-electron chi connectivity index (χ3n) is 3.39. The van der Waals surface area contributed by atoms with Crippen LogP contribution >= 0.6 is 0 Å². The van der Waals surface area contributed by atoms with Crippen molar-refractivity contribution < 1.29 is 14.7 Å². The van der Waals surface area contributed by atoms with Crippen LogP contribution in [0.15, 0.2) is 0 Å². The maximum Gasteiger partial charge on any atom is 0.329 e. The standard InChI is InChI=1S/C13H20N2O3/c1-4-7-13(11(16)17)8-6-9-15(13)12(18)14-10(3)5-2/h2,10H,4,6-9H2,1,3H3,(H,14,18)(H,16,17). The van der Waals surface area contributed by atoms with Crippen LogP contribution in [0.1, 0.15) is 39.5 Å². The first-order valence-electron chi connectivity index (χ1n) is 6.25. The Bertz CT molecular complexity index is 375. The number of carboxylic acid groups (broad SMARTS) is 1. The van der Waals surface area contributed by atoms with Crippen LogP contribution in [0.2, 0.25) is 0 Å². The molecule has 1 fully saturated rings. The molecule has 1 aliphatic heterocycles. The average molecular weight is 252 g/mol. The van der Waals surface area contributed by atoms with E-state index in [0.717, 1.165) is 6.42 Å². The molecule has 2 unspecified atom stereocenters. The number of nitrogens with zero attached hydrogens (tertiary/aromatic N) is 1. The van der Waals surface area contributed by atoms with E-state index in [0.29, 0.717) is 25.8 Å². The van der Waals surface area contributed by atoms with E-state index in [1.54, 1.807) is 6.92 Å². The molecule has 18 heavy (non-hydrogen) atoms. The fourth-order valence-corrected chi connectivity index (χ4v) is 2.48. The van der Waals surface area contributed by atoms with Crippen LogP contribution in [0.3, 0.4) is 0 Å². The minimum atomic E-state index is -1.06. The molecule has 0 aromatic heterocycles. The average Bonchev–Trinajstić information content (AvgIpc) is 2.74. The monoisotopic (exact) mass is 252 g/mol. The normalized spacial score (nSPS) is 24.4. The smallest absolute Gasteiger partial charge is 0.329 e.